The molecule has 3 heterocycles. The minimum Gasteiger partial charge on any atom is -0.381 e. The molecule has 0 aromatic carbocycles. The third-order valence-corrected chi connectivity index (χ3v) is 3.75. The van der Waals surface area contributed by atoms with Crippen LogP contribution in [0.25, 0.3) is 0 Å². The van der Waals surface area contributed by atoms with Crippen molar-refractivity contribution in [1.82, 2.24) is 25.5 Å². The largest absolute Gasteiger partial charge is 0.381 e. The molecule has 1 aliphatic rings. The molecule has 1 fully saturated rings. The van der Waals surface area contributed by atoms with Gasteiger partial charge in [0.2, 0.25) is 0 Å². The molecule has 0 spiro atoms. The van der Waals surface area contributed by atoms with Crippen molar-refractivity contribution < 1.29 is 9.13 Å². The topological polar surface area (TPSA) is 121 Å². The van der Waals surface area contributed by atoms with E-state index in [1.54, 1.807) is 6.07 Å². The van der Waals surface area contributed by atoms with E-state index in [0.717, 1.165) is 13.1 Å². The maximum Gasteiger partial charge on any atom is 0.158 e. The summed E-state index contributed by atoms with van der Waals surface area (Å²) in [4.78, 5) is 7.99. The Kier molecular flexibility index (Phi) is 5.83. The van der Waals surface area contributed by atoms with E-state index in [1.165, 1.54) is 19.3 Å². The van der Waals surface area contributed by atoms with Crippen LogP contribution in [-0.4, -0.2) is 52.5 Å². The standard InChI is InChI=1S/C16H19FN8O/c1-10(17)16-13(21-8-12-7-19-2-3-26-12)4-14(24-25-16)23-15-9-20-11(5-18)6-22-15/h4,6,9-10,12,19H,2-3,7-8H2,1H3,(H2,21,22,23,24)/t10?,12-/m1/s1. The van der Waals surface area contributed by atoms with Crippen molar-refractivity contribution in [3.63, 3.8) is 0 Å². The van der Waals surface area contributed by atoms with Gasteiger partial charge < -0.3 is 20.7 Å². The number of anilines is 3. The number of morpholine rings is 1. The molecule has 0 amide bonds. The van der Waals surface area contributed by atoms with Gasteiger partial charge in [-0.1, -0.05) is 0 Å². The number of hydrogen-bond acceptors (Lipinski definition) is 9. The smallest absolute Gasteiger partial charge is 0.158 e. The molecule has 1 saturated heterocycles. The van der Waals surface area contributed by atoms with Crippen LogP contribution in [0.3, 0.4) is 0 Å². The molecular formula is C16H19FN8O. The number of nitriles is 1. The average Bonchev–Trinajstić information content (AvgIpc) is 2.68. The van der Waals surface area contributed by atoms with Crippen molar-refractivity contribution in [2.75, 3.05) is 36.9 Å². The molecule has 0 aliphatic carbocycles. The molecule has 2 aromatic rings. The van der Waals surface area contributed by atoms with Gasteiger partial charge in [0.05, 0.1) is 30.8 Å². The zero-order valence-corrected chi connectivity index (χ0v) is 14.2. The van der Waals surface area contributed by atoms with Gasteiger partial charge in [0.25, 0.3) is 0 Å². The molecule has 3 N–H and O–H groups in total. The Morgan fingerprint density at radius 2 is 2.27 bits per heavy atom. The highest BCUT2D eigenvalue weighted by Crippen LogP contribution is 2.25. The zero-order valence-electron chi connectivity index (χ0n) is 14.2. The lowest BCUT2D eigenvalue weighted by Gasteiger charge is -2.24. The molecule has 2 atom stereocenters. The van der Waals surface area contributed by atoms with Gasteiger partial charge in [0, 0.05) is 25.7 Å². The van der Waals surface area contributed by atoms with E-state index in [-0.39, 0.29) is 17.5 Å². The van der Waals surface area contributed by atoms with E-state index in [2.05, 4.69) is 36.1 Å². The number of halogens is 1. The number of alkyl halides is 1. The van der Waals surface area contributed by atoms with Crippen LogP contribution in [0.2, 0.25) is 0 Å². The van der Waals surface area contributed by atoms with E-state index >= 15 is 0 Å². The lowest BCUT2D eigenvalue weighted by atomic mass is 10.2. The molecule has 1 unspecified atom stereocenters. The van der Waals surface area contributed by atoms with Gasteiger partial charge in [-0.25, -0.2) is 14.4 Å². The Morgan fingerprint density at radius 3 is 2.92 bits per heavy atom. The highest BCUT2D eigenvalue weighted by molar-refractivity contribution is 5.59. The molecule has 0 bridgehead atoms. The maximum atomic E-state index is 13.8. The molecule has 2 aromatic heterocycles. The summed E-state index contributed by atoms with van der Waals surface area (Å²) in [7, 11) is 0. The van der Waals surface area contributed by atoms with E-state index < -0.39 is 6.17 Å². The minimum atomic E-state index is -1.26. The summed E-state index contributed by atoms with van der Waals surface area (Å²) in [5, 5.41) is 26.1. The Hall–Kier alpha value is -2.90. The molecule has 136 valence electrons. The third-order valence-electron chi connectivity index (χ3n) is 3.75. The van der Waals surface area contributed by atoms with Crippen molar-refractivity contribution in [2.24, 2.45) is 0 Å². The van der Waals surface area contributed by atoms with Gasteiger partial charge in [-0.05, 0) is 6.92 Å². The SMILES string of the molecule is CC(F)c1nnc(Nc2cnc(C#N)cn2)cc1NC[C@H]1CNCCO1. The first-order chi connectivity index (χ1) is 12.7. The number of nitrogens with one attached hydrogen (secondary N) is 3. The molecule has 10 heteroatoms. The quantitative estimate of drug-likeness (QED) is 0.702. The van der Waals surface area contributed by atoms with Gasteiger partial charge in [-0.2, -0.15) is 5.26 Å². The van der Waals surface area contributed by atoms with Gasteiger partial charge >= 0.3 is 0 Å². The van der Waals surface area contributed by atoms with Crippen LogP contribution in [0.4, 0.5) is 21.7 Å². The lowest BCUT2D eigenvalue weighted by molar-refractivity contribution is 0.0372. The molecule has 0 radical (unpaired) electrons. The highest BCUT2D eigenvalue weighted by Gasteiger charge is 2.17. The van der Waals surface area contributed by atoms with Gasteiger partial charge in [0.1, 0.15) is 23.8 Å². The van der Waals surface area contributed by atoms with E-state index in [4.69, 9.17) is 10.00 Å². The number of nitrogens with zero attached hydrogens (tertiary/aromatic N) is 5. The predicted molar refractivity (Wildman–Crippen MR) is 92.7 cm³/mol. The van der Waals surface area contributed by atoms with Crippen molar-refractivity contribution in [2.45, 2.75) is 19.2 Å². The third kappa shape index (κ3) is 4.59. The molecule has 3 rings (SSSR count). The van der Waals surface area contributed by atoms with Crippen LogP contribution >= 0.6 is 0 Å². The summed E-state index contributed by atoms with van der Waals surface area (Å²) >= 11 is 0. The van der Waals surface area contributed by atoms with Crippen LogP contribution in [0.15, 0.2) is 18.5 Å². The Bertz CT molecular complexity index is 771. The van der Waals surface area contributed by atoms with Crippen molar-refractivity contribution in [1.29, 1.82) is 5.26 Å². The summed E-state index contributed by atoms with van der Waals surface area (Å²) in [5.41, 5.74) is 0.977. The van der Waals surface area contributed by atoms with Gasteiger partial charge in [-0.15, -0.1) is 10.2 Å². The highest BCUT2D eigenvalue weighted by atomic mass is 19.1. The summed E-state index contributed by atoms with van der Waals surface area (Å²) in [6.07, 6.45) is 1.50. The van der Waals surface area contributed by atoms with Gasteiger partial charge in [-0.3, -0.25) is 0 Å². The fraction of sp³-hybridized carbons (Fsp3) is 0.438. The molecule has 26 heavy (non-hydrogen) atoms. The number of hydrogen-bond donors (Lipinski definition) is 3. The lowest BCUT2D eigenvalue weighted by Crippen LogP contribution is -2.42. The van der Waals surface area contributed by atoms with E-state index in [9.17, 15) is 4.39 Å². The fourth-order valence-electron chi connectivity index (χ4n) is 2.45. The summed E-state index contributed by atoms with van der Waals surface area (Å²) < 4.78 is 19.5. The number of ether oxygens (including phenoxy) is 1. The van der Waals surface area contributed by atoms with E-state index in [1.807, 2.05) is 6.07 Å². The normalized spacial score (nSPS) is 18.0. The minimum absolute atomic E-state index is 0.000449. The molecule has 1 aliphatic heterocycles. The van der Waals surface area contributed by atoms with Crippen LogP contribution in [0.1, 0.15) is 24.5 Å². The number of aromatic nitrogens is 4. The molecule has 0 saturated carbocycles. The number of rotatable bonds is 6. The van der Waals surface area contributed by atoms with Crippen molar-refractivity contribution in [3.05, 3.63) is 29.8 Å². The van der Waals surface area contributed by atoms with Crippen LogP contribution in [0.5, 0.6) is 0 Å². The first-order valence-electron chi connectivity index (χ1n) is 8.22. The maximum absolute atomic E-state index is 13.8. The summed E-state index contributed by atoms with van der Waals surface area (Å²) in [6.45, 7) is 4.15. The first kappa shape index (κ1) is 17.9. The molecule has 9 nitrogen and oxygen atoms in total. The Morgan fingerprint density at radius 1 is 1.38 bits per heavy atom. The summed E-state index contributed by atoms with van der Waals surface area (Å²) in [6, 6.07) is 3.56. The zero-order chi connectivity index (χ0) is 18.4. The predicted octanol–water partition coefficient (Wildman–Crippen LogP) is 1.31. The molecular weight excluding hydrogens is 339 g/mol. The van der Waals surface area contributed by atoms with E-state index in [0.29, 0.717) is 30.5 Å². The monoisotopic (exact) mass is 358 g/mol. The van der Waals surface area contributed by atoms with Crippen LogP contribution in [-0.2, 0) is 4.74 Å². The Labute approximate surface area is 150 Å². The van der Waals surface area contributed by atoms with Gasteiger partial charge in [0.15, 0.2) is 11.5 Å². The first-order valence-corrected chi connectivity index (χ1v) is 8.22. The second kappa shape index (κ2) is 8.46. The fourth-order valence-corrected chi connectivity index (χ4v) is 2.45. The van der Waals surface area contributed by atoms with Crippen molar-refractivity contribution >= 4 is 17.3 Å². The van der Waals surface area contributed by atoms with Crippen LogP contribution < -0.4 is 16.0 Å². The Balaban J connectivity index is 1.73. The summed E-state index contributed by atoms with van der Waals surface area (Å²) in [5.74, 6) is 0.795. The average molecular weight is 358 g/mol. The van der Waals surface area contributed by atoms with Crippen molar-refractivity contribution in [3.8, 4) is 6.07 Å². The second-order valence-corrected chi connectivity index (χ2v) is 5.75. The van der Waals surface area contributed by atoms with Crippen LogP contribution in [0, 0.1) is 11.3 Å². The second-order valence-electron chi connectivity index (χ2n) is 5.75.